The first-order valence-electron chi connectivity index (χ1n) is 11.7. The molecule has 3 heterocycles. The Balaban J connectivity index is 1.35. The second-order valence-corrected chi connectivity index (χ2v) is 8.82. The summed E-state index contributed by atoms with van der Waals surface area (Å²) >= 11 is 0. The van der Waals surface area contributed by atoms with Gasteiger partial charge in [0.1, 0.15) is 0 Å². The molecule has 5 rings (SSSR count). The highest BCUT2D eigenvalue weighted by Crippen LogP contribution is 2.29. The molecule has 1 aromatic carbocycles. The van der Waals surface area contributed by atoms with Crippen LogP contribution in [0.2, 0.25) is 0 Å². The molecule has 0 atom stereocenters. The van der Waals surface area contributed by atoms with E-state index in [0.717, 1.165) is 66.6 Å². The molecule has 1 aliphatic carbocycles. The number of aromatic nitrogens is 2. The molecule has 0 spiro atoms. The number of nitrogens with zero attached hydrogens (tertiary/aromatic N) is 4. The molecule has 0 saturated carbocycles. The van der Waals surface area contributed by atoms with Crippen LogP contribution in [0.3, 0.4) is 0 Å². The van der Waals surface area contributed by atoms with E-state index >= 15 is 0 Å². The summed E-state index contributed by atoms with van der Waals surface area (Å²) in [5, 5.41) is 0. The zero-order valence-electron chi connectivity index (χ0n) is 19.7. The van der Waals surface area contributed by atoms with Gasteiger partial charge in [0.05, 0.1) is 22.7 Å². The van der Waals surface area contributed by atoms with E-state index in [2.05, 4.69) is 51.0 Å². The number of H-pyrrole nitrogens is 1. The number of aliphatic imine (C=N–C) groups is 1. The second-order valence-electron chi connectivity index (χ2n) is 8.82. The van der Waals surface area contributed by atoms with Crippen molar-refractivity contribution < 1.29 is 0 Å². The van der Waals surface area contributed by atoms with Gasteiger partial charge in [0, 0.05) is 55.9 Å². The van der Waals surface area contributed by atoms with E-state index in [0.29, 0.717) is 5.56 Å². The number of nitrogens with one attached hydrogen (secondary N) is 1. The first-order chi connectivity index (χ1) is 16.6. The van der Waals surface area contributed by atoms with Crippen molar-refractivity contribution in [2.24, 2.45) is 4.99 Å². The minimum atomic E-state index is -0.0970. The minimum Gasteiger partial charge on any atom is -0.369 e. The van der Waals surface area contributed by atoms with E-state index in [4.69, 9.17) is 4.99 Å². The molecule has 6 heteroatoms. The molecule has 3 aliphatic rings. The van der Waals surface area contributed by atoms with E-state index in [9.17, 15) is 4.79 Å². The van der Waals surface area contributed by atoms with Gasteiger partial charge in [0.2, 0.25) is 0 Å². The number of benzene rings is 1. The predicted molar refractivity (Wildman–Crippen MR) is 138 cm³/mol. The van der Waals surface area contributed by atoms with Crippen molar-refractivity contribution in [1.29, 1.82) is 0 Å². The van der Waals surface area contributed by atoms with Crippen LogP contribution in [-0.2, 0) is 6.54 Å². The molecular weight excluding hydrogens is 422 g/mol. The Bertz CT molecular complexity index is 1340. The summed E-state index contributed by atoms with van der Waals surface area (Å²) in [6, 6.07) is 22.2. The average Bonchev–Trinajstić information content (AvgIpc) is 2.99. The molecule has 172 valence electrons. The van der Waals surface area contributed by atoms with Gasteiger partial charge in [-0.05, 0) is 49.7 Å². The highest BCUT2D eigenvalue weighted by atomic mass is 16.1. The lowest BCUT2D eigenvalue weighted by Gasteiger charge is -2.36. The van der Waals surface area contributed by atoms with Crippen LogP contribution >= 0.6 is 0 Å². The summed E-state index contributed by atoms with van der Waals surface area (Å²) in [5.41, 5.74) is 7.27. The Labute approximate surface area is 200 Å². The summed E-state index contributed by atoms with van der Waals surface area (Å²) in [6.07, 6.45) is 1.86. The lowest BCUT2D eigenvalue weighted by molar-refractivity contribution is 0.247. The maximum Gasteiger partial charge on any atom is 0.258 e. The topological polar surface area (TPSA) is 64.6 Å². The molecule has 34 heavy (non-hydrogen) atoms. The molecule has 0 unspecified atom stereocenters. The van der Waals surface area contributed by atoms with E-state index in [-0.39, 0.29) is 5.56 Å². The van der Waals surface area contributed by atoms with Crippen molar-refractivity contribution in [1.82, 2.24) is 14.9 Å². The van der Waals surface area contributed by atoms with Gasteiger partial charge in [-0.3, -0.25) is 19.7 Å². The lowest BCUT2D eigenvalue weighted by atomic mass is 10.1. The Kier molecular flexibility index (Phi) is 6.23. The zero-order chi connectivity index (χ0) is 23.5. The number of aromatic amines is 1. The fourth-order valence-corrected chi connectivity index (χ4v) is 4.58. The van der Waals surface area contributed by atoms with Gasteiger partial charge in [-0.25, -0.2) is 0 Å². The molecule has 2 aliphatic heterocycles. The Morgan fingerprint density at radius 3 is 2.59 bits per heavy atom. The smallest absolute Gasteiger partial charge is 0.258 e. The van der Waals surface area contributed by atoms with Gasteiger partial charge in [0.15, 0.2) is 0 Å². The van der Waals surface area contributed by atoms with E-state index in [1.807, 2.05) is 55.6 Å². The molecule has 1 saturated heterocycles. The molecule has 1 aromatic heterocycles. The van der Waals surface area contributed by atoms with Crippen molar-refractivity contribution in [3.63, 3.8) is 0 Å². The normalized spacial score (nSPS) is 15.1. The van der Waals surface area contributed by atoms with E-state index in [1.165, 1.54) is 5.69 Å². The summed E-state index contributed by atoms with van der Waals surface area (Å²) in [6.45, 7) is 8.77. The van der Waals surface area contributed by atoms with Crippen LogP contribution in [0.4, 0.5) is 11.4 Å². The molecule has 0 amide bonds. The number of piperazine rings is 1. The monoisotopic (exact) mass is 451 g/mol. The van der Waals surface area contributed by atoms with Crippen molar-refractivity contribution in [3.05, 3.63) is 100 Å². The SMILES string of the molecule is C/C(=N\c1cc(N2CCN(Cc3ccccn3)CC2)ccc1C)c1c2cccccc-2[nH]c1=O. The number of rotatable bonds is 5. The Hall–Kier alpha value is -3.77. The molecular formula is C28H29N5O. The lowest BCUT2D eigenvalue weighted by Crippen LogP contribution is -2.46. The van der Waals surface area contributed by atoms with E-state index < -0.39 is 0 Å². The van der Waals surface area contributed by atoms with Crippen LogP contribution in [0.25, 0.3) is 11.3 Å². The molecule has 2 aromatic rings. The summed E-state index contributed by atoms with van der Waals surface area (Å²) in [7, 11) is 0. The summed E-state index contributed by atoms with van der Waals surface area (Å²) in [4.78, 5) is 29.9. The average molecular weight is 452 g/mol. The number of fused-ring (bicyclic) bond motifs is 1. The third kappa shape index (κ3) is 4.63. The van der Waals surface area contributed by atoms with Crippen LogP contribution < -0.4 is 10.5 Å². The molecule has 6 nitrogen and oxygen atoms in total. The van der Waals surface area contributed by atoms with Gasteiger partial charge in [-0.1, -0.05) is 36.4 Å². The van der Waals surface area contributed by atoms with Crippen LogP contribution in [0.15, 0.2) is 82.7 Å². The van der Waals surface area contributed by atoms with Gasteiger partial charge in [-0.2, -0.15) is 0 Å². The number of hydrogen-bond acceptors (Lipinski definition) is 5. The first kappa shape index (κ1) is 22.0. The highest BCUT2D eigenvalue weighted by Gasteiger charge is 2.19. The van der Waals surface area contributed by atoms with Crippen LogP contribution in [0.1, 0.15) is 23.7 Å². The maximum atomic E-state index is 12.7. The van der Waals surface area contributed by atoms with E-state index in [1.54, 1.807) is 0 Å². The third-order valence-corrected chi connectivity index (χ3v) is 6.47. The Morgan fingerprint density at radius 2 is 1.79 bits per heavy atom. The summed E-state index contributed by atoms with van der Waals surface area (Å²) in [5.74, 6) is 0. The van der Waals surface area contributed by atoms with Crippen LogP contribution in [0.5, 0.6) is 0 Å². The fraction of sp³-hybridized carbons (Fsp3) is 0.250. The zero-order valence-corrected chi connectivity index (χ0v) is 19.7. The fourth-order valence-electron chi connectivity index (χ4n) is 4.58. The highest BCUT2D eigenvalue weighted by molar-refractivity contribution is 6.05. The van der Waals surface area contributed by atoms with Gasteiger partial charge in [0.25, 0.3) is 5.56 Å². The molecule has 1 fully saturated rings. The predicted octanol–water partition coefficient (Wildman–Crippen LogP) is 4.65. The van der Waals surface area contributed by atoms with Crippen LogP contribution in [0, 0.1) is 6.92 Å². The Morgan fingerprint density at radius 1 is 1.00 bits per heavy atom. The molecule has 0 bridgehead atoms. The summed E-state index contributed by atoms with van der Waals surface area (Å²) < 4.78 is 0. The second kappa shape index (κ2) is 9.61. The van der Waals surface area contributed by atoms with Crippen molar-refractivity contribution >= 4 is 17.1 Å². The van der Waals surface area contributed by atoms with Crippen molar-refractivity contribution in [2.45, 2.75) is 20.4 Å². The minimum absolute atomic E-state index is 0.0970. The number of pyridine rings is 1. The molecule has 0 radical (unpaired) electrons. The van der Waals surface area contributed by atoms with Crippen molar-refractivity contribution in [2.75, 3.05) is 31.1 Å². The largest absolute Gasteiger partial charge is 0.369 e. The maximum absolute atomic E-state index is 12.7. The molecule has 1 N–H and O–H groups in total. The first-order valence-corrected chi connectivity index (χ1v) is 11.7. The number of hydrogen-bond donors (Lipinski definition) is 1. The van der Waals surface area contributed by atoms with Gasteiger partial charge >= 0.3 is 0 Å². The van der Waals surface area contributed by atoms with Gasteiger partial charge in [-0.15, -0.1) is 0 Å². The van der Waals surface area contributed by atoms with Crippen molar-refractivity contribution in [3.8, 4) is 11.3 Å². The number of anilines is 1. The third-order valence-electron chi connectivity index (χ3n) is 6.47. The number of aryl methyl sites for hydroxylation is 1. The van der Waals surface area contributed by atoms with Gasteiger partial charge < -0.3 is 9.88 Å². The quantitative estimate of drug-likeness (QED) is 0.449. The standard InChI is InChI=1S/C28H29N5O/c1-20-11-12-23(33-16-14-32(15-17-33)19-22-8-6-7-13-29-22)18-26(20)30-21(2)27-24-9-4-3-5-10-25(24)31-28(27)34/h3-13,18H,14-17,19H2,1-2H3,(H,31,34)/b30-21+. The van der Waals surface area contributed by atoms with Crippen LogP contribution in [-0.4, -0.2) is 46.8 Å².